The Labute approximate surface area is 117 Å². The van der Waals surface area contributed by atoms with Gasteiger partial charge in [0.15, 0.2) is 0 Å². The number of hydrogen-bond acceptors (Lipinski definition) is 3. The Kier molecular flexibility index (Phi) is 5.83. The predicted octanol–water partition coefficient (Wildman–Crippen LogP) is 2.62. The summed E-state index contributed by atoms with van der Waals surface area (Å²) in [6.07, 6.45) is 9.26. The van der Waals surface area contributed by atoms with E-state index in [0.717, 1.165) is 38.3 Å². The Bertz CT molecular complexity index is 286. The van der Waals surface area contributed by atoms with Crippen molar-refractivity contribution in [2.75, 3.05) is 19.7 Å². The first-order valence-electron chi connectivity index (χ1n) is 8.12. The number of aliphatic hydroxyl groups excluding tert-OH is 1. The monoisotopic (exact) mass is 267 g/mol. The fourth-order valence-corrected chi connectivity index (χ4v) is 3.85. The van der Waals surface area contributed by atoms with Gasteiger partial charge in [0, 0.05) is 31.5 Å². The molecule has 2 rings (SSSR count). The van der Waals surface area contributed by atoms with Gasteiger partial charge in [0.05, 0.1) is 6.61 Å². The number of nitrogens with zero attached hydrogens (tertiary/aromatic N) is 1. The first-order valence-corrected chi connectivity index (χ1v) is 8.12. The van der Waals surface area contributed by atoms with E-state index in [4.69, 9.17) is 0 Å². The SMILES string of the molecule is CCC1CCC(=O)C(CN(CCO)C2CCCC2)C1. The van der Waals surface area contributed by atoms with Crippen LogP contribution in [0.5, 0.6) is 0 Å². The highest BCUT2D eigenvalue weighted by Crippen LogP contribution is 2.31. The third-order valence-corrected chi connectivity index (χ3v) is 5.13. The zero-order valence-electron chi connectivity index (χ0n) is 12.3. The molecule has 3 nitrogen and oxygen atoms in total. The Morgan fingerprint density at radius 3 is 2.63 bits per heavy atom. The zero-order valence-corrected chi connectivity index (χ0v) is 12.3. The van der Waals surface area contributed by atoms with E-state index in [-0.39, 0.29) is 12.5 Å². The molecule has 2 aliphatic carbocycles. The maximum atomic E-state index is 12.1. The van der Waals surface area contributed by atoms with Crippen LogP contribution < -0.4 is 0 Å². The summed E-state index contributed by atoms with van der Waals surface area (Å²) in [6, 6.07) is 0.613. The number of carbonyl (C=O) groups is 1. The number of carbonyl (C=O) groups excluding carboxylic acids is 1. The molecule has 0 spiro atoms. The van der Waals surface area contributed by atoms with Gasteiger partial charge in [-0.25, -0.2) is 0 Å². The molecule has 0 aromatic carbocycles. The van der Waals surface area contributed by atoms with E-state index in [1.54, 1.807) is 0 Å². The number of hydrogen-bond donors (Lipinski definition) is 1. The third-order valence-electron chi connectivity index (χ3n) is 5.13. The second-order valence-electron chi connectivity index (χ2n) is 6.37. The lowest BCUT2D eigenvalue weighted by atomic mass is 9.79. The maximum absolute atomic E-state index is 12.1. The van der Waals surface area contributed by atoms with Crippen molar-refractivity contribution in [2.24, 2.45) is 11.8 Å². The predicted molar refractivity (Wildman–Crippen MR) is 77.0 cm³/mol. The minimum Gasteiger partial charge on any atom is -0.395 e. The molecule has 0 bridgehead atoms. The molecule has 0 aromatic heterocycles. The normalized spacial score (nSPS) is 29.3. The first kappa shape index (κ1) is 15.0. The van der Waals surface area contributed by atoms with E-state index in [2.05, 4.69) is 11.8 Å². The number of ketones is 1. The highest BCUT2D eigenvalue weighted by Gasteiger charge is 2.31. The molecule has 0 amide bonds. The van der Waals surface area contributed by atoms with Crippen molar-refractivity contribution in [3.05, 3.63) is 0 Å². The lowest BCUT2D eigenvalue weighted by Gasteiger charge is -2.35. The van der Waals surface area contributed by atoms with Gasteiger partial charge in [0.25, 0.3) is 0 Å². The molecule has 3 heteroatoms. The van der Waals surface area contributed by atoms with Crippen LogP contribution >= 0.6 is 0 Å². The van der Waals surface area contributed by atoms with Gasteiger partial charge in [0.2, 0.25) is 0 Å². The summed E-state index contributed by atoms with van der Waals surface area (Å²) in [6.45, 7) is 4.08. The van der Waals surface area contributed by atoms with Gasteiger partial charge in [-0.2, -0.15) is 0 Å². The van der Waals surface area contributed by atoms with Crippen molar-refractivity contribution in [1.82, 2.24) is 4.90 Å². The molecule has 2 fully saturated rings. The summed E-state index contributed by atoms with van der Waals surface area (Å²) in [4.78, 5) is 14.5. The van der Waals surface area contributed by atoms with Gasteiger partial charge in [-0.15, -0.1) is 0 Å². The summed E-state index contributed by atoms with van der Waals surface area (Å²) in [5.74, 6) is 1.43. The summed E-state index contributed by atoms with van der Waals surface area (Å²) < 4.78 is 0. The first-order chi connectivity index (χ1) is 9.24. The number of aliphatic hydroxyl groups is 1. The number of rotatable bonds is 6. The lowest BCUT2D eigenvalue weighted by molar-refractivity contribution is -0.126. The van der Waals surface area contributed by atoms with Crippen LogP contribution in [0.1, 0.15) is 58.3 Å². The molecule has 2 aliphatic rings. The van der Waals surface area contributed by atoms with Crippen molar-refractivity contribution >= 4 is 5.78 Å². The molecule has 2 unspecified atom stereocenters. The van der Waals surface area contributed by atoms with Crippen molar-refractivity contribution in [1.29, 1.82) is 0 Å². The Balaban J connectivity index is 1.92. The second kappa shape index (κ2) is 7.39. The van der Waals surface area contributed by atoms with E-state index in [1.807, 2.05) is 0 Å². The number of Topliss-reactive ketones (excluding diaryl/α,β-unsaturated/α-hetero) is 1. The second-order valence-corrected chi connectivity index (χ2v) is 6.37. The van der Waals surface area contributed by atoms with Crippen molar-refractivity contribution in [2.45, 2.75) is 64.3 Å². The average Bonchev–Trinajstić information content (AvgIpc) is 2.94. The van der Waals surface area contributed by atoms with E-state index in [9.17, 15) is 9.90 Å². The zero-order chi connectivity index (χ0) is 13.7. The minimum absolute atomic E-state index is 0.217. The van der Waals surface area contributed by atoms with E-state index < -0.39 is 0 Å². The van der Waals surface area contributed by atoms with Crippen LogP contribution in [0.3, 0.4) is 0 Å². The van der Waals surface area contributed by atoms with Gasteiger partial charge in [-0.1, -0.05) is 26.2 Å². The van der Waals surface area contributed by atoms with Crippen LogP contribution in [0, 0.1) is 11.8 Å². The summed E-state index contributed by atoms with van der Waals surface area (Å²) >= 11 is 0. The lowest BCUT2D eigenvalue weighted by Crippen LogP contribution is -2.42. The van der Waals surface area contributed by atoms with Crippen LogP contribution in [0.2, 0.25) is 0 Å². The highest BCUT2D eigenvalue weighted by atomic mass is 16.3. The third kappa shape index (κ3) is 4.03. The molecule has 0 radical (unpaired) electrons. The van der Waals surface area contributed by atoms with Crippen LogP contribution in [0.4, 0.5) is 0 Å². The molecule has 2 atom stereocenters. The van der Waals surface area contributed by atoms with Crippen LogP contribution in [-0.2, 0) is 4.79 Å². The van der Waals surface area contributed by atoms with Crippen molar-refractivity contribution < 1.29 is 9.90 Å². The smallest absolute Gasteiger partial charge is 0.137 e. The van der Waals surface area contributed by atoms with E-state index in [1.165, 1.54) is 32.1 Å². The molecule has 0 aromatic rings. The summed E-state index contributed by atoms with van der Waals surface area (Å²) in [5.41, 5.74) is 0. The minimum atomic E-state index is 0.217. The molecular formula is C16H29NO2. The fraction of sp³-hybridized carbons (Fsp3) is 0.938. The highest BCUT2D eigenvalue weighted by molar-refractivity contribution is 5.81. The van der Waals surface area contributed by atoms with Gasteiger partial charge < -0.3 is 5.11 Å². The fourth-order valence-electron chi connectivity index (χ4n) is 3.85. The van der Waals surface area contributed by atoms with Gasteiger partial charge in [-0.3, -0.25) is 9.69 Å². The van der Waals surface area contributed by atoms with E-state index >= 15 is 0 Å². The van der Waals surface area contributed by atoms with Gasteiger partial charge >= 0.3 is 0 Å². The Hall–Kier alpha value is -0.410. The molecule has 0 aliphatic heterocycles. The largest absolute Gasteiger partial charge is 0.395 e. The van der Waals surface area contributed by atoms with Crippen LogP contribution in [0.25, 0.3) is 0 Å². The molecule has 1 N–H and O–H groups in total. The van der Waals surface area contributed by atoms with Crippen LogP contribution in [0.15, 0.2) is 0 Å². The van der Waals surface area contributed by atoms with Crippen LogP contribution in [-0.4, -0.2) is 41.5 Å². The van der Waals surface area contributed by atoms with Gasteiger partial charge in [-0.05, 0) is 31.6 Å². The van der Waals surface area contributed by atoms with Gasteiger partial charge in [0.1, 0.15) is 5.78 Å². The standard InChI is InChI=1S/C16H29NO2/c1-2-13-7-8-16(19)14(11-13)12-17(9-10-18)15-5-3-4-6-15/h13-15,18H,2-12H2,1H3. The van der Waals surface area contributed by atoms with E-state index in [0.29, 0.717) is 11.8 Å². The molecule has 0 heterocycles. The Morgan fingerprint density at radius 2 is 2.00 bits per heavy atom. The molecule has 0 saturated heterocycles. The topological polar surface area (TPSA) is 40.5 Å². The summed E-state index contributed by atoms with van der Waals surface area (Å²) in [5, 5.41) is 9.26. The molecule has 2 saturated carbocycles. The average molecular weight is 267 g/mol. The molecular weight excluding hydrogens is 238 g/mol. The molecule has 110 valence electrons. The maximum Gasteiger partial charge on any atom is 0.137 e. The van der Waals surface area contributed by atoms with Crippen molar-refractivity contribution in [3.63, 3.8) is 0 Å². The van der Waals surface area contributed by atoms with Crippen molar-refractivity contribution in [3.8, 4) is 0 Å². The Morgan fingerprint density at radius 1 is 1.26 bits per heavy atom. The summed E-state index contributed by atoms with van der Waals surface area (Å²) in [7, 11) is 0. The quantitative estimate of drug-likeness (QED) is 0.804. The molecule has 19 heavy (non-hydrogen) atoms.